The molecule has 1 aliphatic heterocycles. The Morgan fingerprint density at radius 3 is 2.48 bits per heavy atom. The fourth-order valence-electron chi connectivity index (χ4n) is 2.50. The molecule has 23 heavy (non-hydrogen) atoms. The first-order chi connectivity index (χ1) is 10.9. The Bertz CT molecular complexity index is 645. The van der Waals surface area contributed by atoms with Crippen molar-refractivity contribution >= 4 is 11.8 Å². The number of nitrogens with zero attached hydrogens (tertiary/aromatic N) is 4. The Hall–Kier alpha value is -2.29. The van der Waals surface area contributed by atoms with E-state index in [-0.39, 0.29) is 17.2 Å². The van der Waals surface area contributed by atoms with Crippen LogP contribution in [0.2, 0.25) is 0 Å². The number of H-pyrrole nitrogens is 1. The first-order valence-electron chi connectivity index (χ1n) is 7.34. The Labute approximate surface area is 133 Å². The SMILES string of the molecule is CC(F)(F)c1cn[nH]c1-c1cc(N2CCCC2)nc(N)n1.CN. The summed E-state index contributed by atoms with van der Waals surface area (Å²) in [5, 5.41) is 6.28. The molecule has 9 heteroatoms. The van der Waals surface area contributed by atoms with Gasteiger partial charge in [0, 0.05) is 26.1 Å². The second-order valence-corrected chi connectivity index (χ2v) is 5.21. The third-order valence-electron chi connectivity index (χ3n) is 3.53. The lowest BCUT2D eigenvalue weighted by molar-refractivity contribution is 0.0181. The van der Waals surface area contributed by atoms with E-state index in [0.717, 1.165) is 39.1 Å². The summed E-state index contributed by atoms with van der Waals surface area (Å²) >= 11 is 0. The van der Waals surface area contributed by atoms with Crippen molar-refractivity contribution in [3.8, 4) is 11.4 Å². The molecule has 0 unspecified atom stereocenters. The van der Waals surface area contributed by atoms with Gasteiger partial charge in [-0.25, -0.2) is 13.8 Å². The summed E-state index contributed by atoms with van der Waals surface area (Å²) in [5.41, 5.74) is 10.5. The molecule has 0 aliphatic carbocycles. The normalized spacial score (nSPS) is 14.6. The van der Waals surface area contributed by atoms with Crippen LogP contribution in [0.25, 0.3) is 11.4 Å². The highest BCUT2D eigenvalue weighted by atomic mass is 19.3. The fraction of sp³-hybridized carbons (Fsp3) is 0.500. The maximum atomic E-state index is 13.6. The van der Waals surface area contributed by atoms with Gasteiger partial charge in [-0.1, -0.05) is 0 Å². The van der Waals surface area contributed by atoms with Gasteiger partial charge in [0.1, 0.15) is 5.82 Å². The number of rotatable bonds is 3. The minimum Gasteiger partial charge on any atom is -0.368 e. The van der Waals surface area contributed by atoms with Gasteiger partial charge in [0.05, 0.1) is 23.1 Å². The number of hydrogen-bond acceptors (Lipinski definition) is 6. The molecule has 2 aromatic rings. The van der Waals surface area contributed by atoms with Gasteiger partial charge in [-0.05, 0) is 19.9 Å². The van der Waals surface area contributed by atoms with E-state index in [0.29, 0.717) is 11.5 Å². The number of nitrogens with two attached hydrogens (primary N) is 2. The molecule has 0 bridgehead atoms. The summed E-state index contributed by atoms with van der Waals surface area (Å²) in [6, 6.07) is 1.67. The predicted molar refractivity (Wildman–Crippen MR) is 85.2 cm³/mol. The number of aromatic nitrogens is 4. The van der Waals surface area contributed by atoms with Gasteiger partial charge in [0.25, 0.3) is 5.92 Å². The third kappa shape index (κ3) is 3.73. The summed E-state index contributed by atoms with van der Waals surface area (Å²) in [5.74, 6) is -2.28. The van der Waals surface area contributed by atoms with E-state index in [1.165, 1.54) is 7.05 Å². The Kier molecular flexibility index (Phi) is 5.09. The van der Waals surface area contributed by atoms with Crippen LogP contribution in [0.4, 0.5) is 20.5 Å². The molecule has 1 aliphatic rings. The van der Waals surface area contributed by atoms with Gasteiger partial charge in [-0.15, -0.1) is 0 Å². The zero-order valence-corrected chi connectivity index (χ0v) is 13.2. The van der Waals surface area contributed by atoms with Crippen LogP contribution in [0.15, 0.2) is 12.3 Å². The van der Waals surface area contributed by atoms with E-state index in [2.05, 4.69) is 30.8 Å². The van der Waals surface area contributed by atoms with Gasteiger partial charge in [-0.3, -0.25) is 5.10 Å². The van der Waals surface area contributed by atoms with Gasteiger partial charge < -0.3 is 16.4 Å². The molecule has 0 atom stereocenters. The number of alkyl halides is 2. The lowest BCUT2D eigenvalue weighted by Gasteiger charge is -2.17. The van der Waals surface area contributed by atoms with Crippen molar-refractivity contribution in [3.05, 3.63) is 17.8 Å². The second kappa shape index (κ2) is 6.86. The van der Waals surface area contributed by atoms with Gasteiger partial charge in [0.15, 0.2) is 0 Å². The highest BCUT2D eigenvalue weighted by molar-refractivity contribution is 5.64. The highest BCUT2D eigenvalue weighted by Gasteiger charge is 2.30. The van der Waals surface area contributed by atoms with Crippen molar-refractivity contribution in [3.63, 3.8) is 0 Å². The van der Waals surface area contributed by atoms with Crippen molar-refractivity contribution in [1.29, 1.82) is 0 Å². The van der Waals surface area contributed by atoms with Crippen molar-refractivity contribution < 1.29 is 8.78 Å². The lowest BCUT2D eigenvalue weighted by atomic mass is 10.1. The molecule has 0 spiro atoms. The number of nitrogens with one attached hydrogen (secondary N) is 1. The van der Waals surface area contributed by atoms with Crippen LogP contribution < -0.4 is 16.4 Å². The van der Waals surface area contributed by atoms with Crippen molar-refractivity contribution in [2.45, 2.75) is 25.7 Å². The van der Waals surface area contributed by atoms with Crippen LogP contribution in [-0.2, 0) is 5.92 Å². The predicted octanol–water partition coefficient (Wildman–Crippen LogP) is 1.74. The topological polar surface area (TPSA) is 110 Å². The Morgan fingerprint density at radius 1 is 1.22 bits per heavy atom. The monoisotopic (exact) mass is 325 g/mol. The molecule has 3 heterocycles. The van der Waals surface area contributed by atoms with Crippen LogP contribution in [0.5, 0.6) is 0 Å². The van der Waals surface area contributed by atoms with Crippen molar-refractivity contribution in [2.24, 2.45) is 5.73 Å². The maximum Gasteiger partial charge on any atom is 0.274 e. The molecule has 0 saturated carbocycles. The maximum absolute atomic E-state index is 13.6. The zero-order chi connectivity index (χ0) is 17.0. The fourth-order valence-corrected chi connectivity index (χ4v) is 2.50. The molecule has 1 saturated heterocycles. The van der Waals surface area contributed by atoms with Gasteiger partial charge in [0.2, 0.25) is 5.95 Å². The van der Waals surface area contributed by atoms with Gasteiger partial charge >= 0.3 is 0 Å². The van der Waals surface area contributed by atoms with Crippen LogP contribution in [0, 0.1) is 0 Å². The molecule has 5 N–H and O–H groups in total. The quantitative estimate of drug-likeness (QED) is 0.793. The number of nitrogen functional groups attached to an aromatic ring is 1. The van der Waals surface area contributed by atoms with Crippen molar-refractivity contribution in [2.75, 3.05) is 30.8 Å². The summed E-state index contributed by atoms with van der Waals surface area (Å²) in [6.07, 6.45) is 3.28. The van der Waals surface area contributed by atoms with Crippen LogP contribution in [0.3, 0.4) is 0 Å². The van der Waals surface area contributed by atoms with Crippen LogP contribution >= 0.6 is 0 Å². The Morgan fingerprint density at radius 2 is 1.87 bits per heavy atom. The Balaban J connectivity index is 0.000000924. The first kappa shape index (κ1) is 17.1. The van der Waals surface area contributed by atoms with E-state index in [9.17, 15) is 8.78 Å². The number of halogens is 2. The van der Waals surface area contributed by atoms with E-state index in [4.69, 9.17) is 5.73 Å². The number of anilines is 2. The average Bonchev–Trinajstić information content (AvgIpc) is 3.20. The minimum absolute atomic E-state index is 0.0642. The molecule has 0 amide bonds. The average molecular weight is 325 g/mol. The minimum atomic E-state index is -3.00. The lowest BCUT2D eigenvalue weighted by Crippen LogP contribution is -2.20. The second-order valence-electron chi connectivity index (χ2n) is 5.21. The summed E-state index contributed by atoms with van der Waals surface area (Å²) < 4.78 is 27.2. The third-order valence-corrected chi connectivity index (χ3v) is 3.53. The van der Waals surface area contributed by atoms with Crippen molar-refractivity contribution in [1.82, 2.24) is 20.2 Å². The zero-order valence-electron chi connectivity index (χ0n) is 13.2. The molecular weight excluding hydrogens is 304 g/mol. The summed E-state index contributed by atoms with van der Waals surface area (Å²) in [4.78, 5) is 10.3. The first-order valence-corrected chi connectivity index (χ1v) is 7.34. The molecule has 1 fully saturated rings. The number of aromatic amines is 1. The van der Waals surface area contributed by atoms with Crippen LogP contribution in [0.1, 0.15) is 25.3 Å². The van der Waals surface area contributed by atoms with Gasteiger partial charge in [-0.2, -0.15) is 10.1 Å². The standard InChI is InChI=1S/C13H16F2N6.CH5N/c1-13(14,15)8-7-17-20-11(8)9-6-10(19-12(16)18-9)21-4-2-3-5-21;1-2/h6-7H,2-5H2,1H3,(H,17,20)(H2,16,18,19);2H2,1H3. The molecule has 126 valence electrons. The largest absolute Gasteiger partial charge is 0.368 e. The molecular formula is C14H21F2N7. The van der Waals surface area contributed by atoms with Crippen LogP contribution in [-0.4, -0.2) is 40.3 Å². The van der Waals surface area contributed by atoms with E-state index in [1.807, 2.05) is 0 Å². The molecule has 3 rings (SSSR count). The summed E-state index contributed by atoms with van der Waals surface area (Å²) in [7, 11) is 1.50. The molecule has 0 aromatic carbocycles. The van der Waals surface area contributed by atoms with E-state index >= 15 is 0 Å². The summed E-state index contributed by atoms with van der Waals surface area (Å²) in [6.45, 7) is 2.60. The van der Waals surface area contributed by atoms with E-state index in [1.54, 1.807) is 6.07 Å². The molecule has 0 radical (unpaired) electrons. The molecule has 7 nitrogen and oxygen atoms in total. The number of hydrogen-bond donors (Lipinski definition) is 3. The smallest absolute Gasteiger partial charge is 0.274 e. The molecule has 2 aromatic heterocycles. The highest BCUT2D eigenvalue weighted by Crippen LogP contribution is 2.34. The van der Waals surface area contributed by atoms with E-state index < -0.39 is 5.92 Å².